The number of benzene rings is 2. The molecule has 0 atom stereocenters. The smallest absolute Gasteiger partial charge is 0.0558 e. The molecule has 0 aliphatic rings. The molecule has 0 heterocycles. The Morgan fingerprint density at radius 2 is 1.65 bits per heavy atom. The lowest BCUT2D eigenvalue weighted by molar-refractivity contribution is 0.217. The van der Waals surface area contributed by atoms with Gasteiger partial charge in [-0.1, -0.05) is 42.5 Å². The Hall–Kier alpha value is -1.29. The van der Waals surface area contributed by atoms with E-state index in [-0.39, 0.29) is 6.61 Å². The molecule has 0 aromatic heterocycles. The number of aliphatic hydroxyl groups is 1. The van der Waals surface area contributed by atoms with Crippen LogP contribution < -0.4 is 0 Å². The fourth-order valence-electron chi connectivity index (χ4n) is 1.99. The monoisotopic (exact) mass is 287 g/mol. The van der Waals surface area contributed by atoms with Gasteiger partial charge in [-0.15, -0.1) is 11.8 Å². The van der Waals surface area contributed by atoms with Crippen LogP contribution in [-0.2, 0) is 12.3 Å². The van der Waals surface area contributed by atoms with Crippen molar-refractivity contribution in [2.75, 3.05) is 20.2 Å². The highest BCUT2D eigenvalue weighted by Crippen LogP contribution is 2.23. The van der Waals surface area contributed by atoms with Gasteiger partial charge in [-0.3, -0.25) is 4.90 Å². The van der Waals surface area contributed by atoms with Gasteiger partial charge in [0.1, 0.15) is 0 Å². The van der Waals surface area contributed by atoms with E-state index in [4.69, 9.17) is 5.11 Å². The Bertz CT molecular complexity index is 498. The molecule has 0 radical (unpaired) electrons. The summed E-state index contributed by atoms with van der Waals surface area (Å²) >= 11 is 1.86. The van der Waals surface area contributed by atoms with Crippen molar-refractivity contribution < 1.29 is 5.11 Å². The van der Waals surface area contributed by atoms with E-state index in [2.05, 4.69) is 53.4 Å². The van der Waals surface area contributed by atoms with E-state index in [1.807, 2.05) is 24.9 Å². The normalized spacial score (nSPS) is 10.9. The van der Waals surface area contributed by atoms with Gasteiger partial charge in [-0.05, 0) is 30.3 Å². The zero-order chi connectivity index (χ0) is 14.2. The standard InChI is InChI=1S/C17H21NOS/c1-18(11-12-19)13-15-7-9-17(10-8-15)20-14-16-5-3-2-4-6-16/h2-10,19H,11-14H2,1H3. The van der Waals surface area contributed by atoms with Crippen LogP contribution in [0.1, 0.15) is 11.1 Å². The predicted octanol–water partition coefficient (Wildman–Crippen LogP) is 3.40. The zero-order valence-corrected chi connectivity index (χ0v) is 12.6. The van der Waals surface area contributed by atoms with Crippen LogP contribution in [-0.4, -0.2) is 30.2 Å². The summed E-state index contributed by atoms with van der Waals surface area (Å²) in [7, 11) is 2.02. The second-order valence-electron chi connectivity index (χ2n) is 4.88. The Balaban J connectivity index is 1.85. The summed E-state index contributed by atoms with van der Waals surface area (Å²) in [4.78, 5) is 3.41. The van der Waals surface area contributed by atoms with Crippen LogP contribution >= 0.6 is 11.8 Å². The van der Waals surface area contributed by atoms with Gasteiger partial charge in [0.15, 0.2) is 0 Å². The number of thioether (sulfide) groups is 1. The maximum absolute atomic E-state index is 8.89. The van der Waals surface area contributed by atoms with Crippen molar-refractivity contribution in [3.63, 3.8) is 0 Å². The SMILES string of the molecule is CN(CCO)Cc1ccc(SCc2ccccc2)cc1. The summed E-state index contributed by atoms with van der Waals surface area (Å²) in [6.45, 7) is 1.80. The minimum Gasteiger partial charge on any atom is -0.395 e. The molecule has 0 saturated carbocycles. The first-order valence-corrected chi connectivity index (χ1v) is 7.81. The number of aliphatic hydroxyl groups excluding tert-OH is 1. The molecule has 2 nitrogen and oxygen atoms in total. The molecular formula is C17H21NOS. The first-order chi connectivity index (χ1) is 9.78. The summed E-state index contributed by atoms with van der Waals surface area (Å²) in [6.07, 6.45) is 0. The predicted molar refractivity (Wildman–Crippen MR) is 85.9 cm³/mol. The van der Waals surface area contributed by atoms with E-state index in [9.17, 15) is 0 Å². The van der Waals surface area contributed by atoms with Crippen LogP contribution in [0.2, 0.25) is 0 Å². The molecule has 1 N–H and O–H groups in total. The minimum absolute atomic E-state index is 0.210. The van der Waals surface area contributed by atoms with E-state index in [0.717, 1.165) is 12.3 Å². The highest BCUT2D eigenvalue weighted by molar-refractivity contribution is 7.98. The van der Waals surface area contributed by atoms with Crippen molar-refractivity contribution in [2.24, 2.45) is 0 Å². The van der Waals surface area contributed by atoms with Crippen molar-refractivity contribution in [2.45, 2.75) is 17.2 Å². The van der Waals surface area contributed by atoms with E-state index in [1.54, 1.807) is 0 Å². The average Bonchev–Trinajstić information content (AvgIpc) is 2.48. The number of hydrogen-bond acceptors (Lipinski definition) is 3. The lowest BCUT2D eigenvalue weighted by atomic mass is 10.2. The van der Waals surface area contributed by atoms with E-state index < -0.39 is 0 Å². The molecular weight excluding hydrogens is 266 g/mol. The fraction of sp³-hybridized carbons (Fsp3) is 0.294. The van der Waals surface area contributed by atoms with Crippen LogP contribution in [0, 0.1) is 0 Å². The van der Waals surface area contributed by atoms with Crippen molar-refractivity contribution in [1.82, 2.24) is 4.90 Å². The Labute approximate surface area is 125 Å². The van der Waals surface area contributed by atoms with Gasteiger partial charge < -0.3 is 5.11 Å². The van der Waals surface area contributed by atoms with Crippen LogP contribution in [0.25, 0.3) is 0 Å². The number of likely N-dealkylation sites (N-methyl/N-ethyl adjacent to an activating group) is 1. The summed E-state index contributed by atoms with van der Waals surface area (Å²) in [5, 5.41) is 8.89. The maximum atomic E-state index is 8.89. The second-order valence-corrected chi connectivity index (χ2v) is 5.93. The van der Waals surface area contributed by atoms with E-state index in [1.165, 1.54) is 16.0 Å². The third-order valence-electron chi connectivity index (χ3n) is 3.11. The van der Waals surface area contributed by atoms with Crippen molar-refractivity contribution in [3.8, 4) is 0 Å². The molecule has 0 unspecified atom stereocenters. The third-order valence-corrected chi connectivity index (χ3v) is 4.19. The van der Waals surface area contributed by atoms with E-state index in [0.29, 0.717) is 6.54 Å². The summed E-state index contributed by atoms with van der Waals surface area (Å²) < 4.78 is 0. The number of rotatable bonds is 7. The summed E-state index contributed by atoms with van der Waals surface area (Å²) in [5.74, 6) is 1.00. The molecule has 2 aromatic carbocycles. The van der Waals surface area contributed by atoms with E-state index >= 15 is 0 Å². The summed E-state index contributed by atoms with van der Waals surface area (Å²) in [5.41, 5.74) is 2.63. The largest absolute Gasteiger partial charge is 0.395 e. The van der Waals surface area contributed by atoms with Gasteiger partial charge in [0.05, 0.1) is 6.61 Å². The van der Waals surface area contributed by atoms with Gasteiger partial charge >= 0.3 is 0 Å². The van der Waals surface area contributed by atoms with Gasteiger partial charge in [-0.2, -0.15) is 0 Å². The number of hydrogen-bond donors (Lipinski definition) is 1. The zero-order valence-electron chi connectivity index (χ0n) is 11.8. The van der Waals surface area contributed by atoms with Gasteiger partial charge in [0, 0.05) is 23.7 Å². The molecule has 2 rings (SSSR count). The highest BCUT2D eigenvalue weighted by Gasteiger charge is 2.00. The molecule has 0 amide bonds. The fourth-order valence-corrected chi connectivity index (χ4v) is 2.85. The number of nitrogens with zero attached hydrogens (tertiary/aromatic N) is 1. The second kappa shape index (κ2) is 8.10. The van der Waals surface area contributed by atoms with Crippen molar-refractivity contribution in [1.29, 1.82) is 0 Å². The first kappa shape index (κ1) is 15.1. The van der Waals surface area contributed by atoms with Crippen LogP contribution in [0.3, 0.4) is 0 Å². The van der Waals surface area contributed by atoms with Gasteiger partial charge in [-0.25, -0.2) is 0 Å². The molecule has 0 spiro atoms. The van der Waals surface area contributed by atoms with Gasteiger partial charge in [0.2, 0.25) is 0 Å². The van der Waals surface area contributed by atoms with Crippen LogP contribution in [0.15, 0.2) is 59.5 Å². The lowest BCUT2D eigenvalue weighted by Gasteiger charge is -2.15. The molecule has 0 saturated heterocycles. The third kappa shape index (κ3) is 5.00. The topological polar surface area (TPSA) is 23.5 Å². The first-order valence-electron chi connectivity index (χ1n) is 6.83. The van der Waals surface area contributed by atoms with Crippen molar-refractivity contribution in [3.05, 3.63) is 65.7 Å². The molecule has 0 aliphatic carbocycles. The molecule has 0 bridgehead atoms. The lowest BCUT2D eigenvalue weighted by Crippen LogP contribution is -2.21. The Kier molecular flexibility index (Phi) is 6.12. The molecule has 0 fully saturated rings. The Morgan fingerprint density at radius 3 is 2.30 bits per heavy atom. The van der Waals surface area contributed by atoms with Crippen LogP contribution in [0.5, 0.6) is 0 Å². The molecule has 106 valence electrons. The Morgan fingerprint density at radius 1 is 0.950 bits per heavy atom. The van der Waals surface area contributed by atoms with Crippen LogP contribution in [0.4, 0.5) is 0 Å². The highest BCUT2D eigenvalue weighted by atomic mass is 32.2. The molecule has 0 aliphatic heterocycles. The van der Waals surface area contributed by atoms with Gasteiger partial charge in [0.25, 0.3) is 0 Å². The average molecular weight is 287 g/mol. The molecule has 3 heteroatoms. The molecule has 2 aromatic rings. The summed E-state index contributed by atoms with van der Waals surface area (Å²) in [6, 6.07) is 19.2. The maximum Gasteiger partial charge on any atom is 0.0558 e. The minimum atomic E-state index is 0.210. The van der Waals surface area contributed by atoms with Crippen molar-refractivity contribution >= 4 is 11.8 Å². The quantitative estimate of drug-likeness (QED) is 0.790. The molecule has 20 heavy (non-hydrogen) atoms.